The van der Waals surface area contributed by atoms with Crippen LogP contribution in [0, 0.1) is 6.92 Å². The Bertz CT molecular complexity index is 1320. The monoisotopic (exact) mass is 429 g/mol. The van der Waals surface area contributed by atoms with Gasteiger partial charge in [0.15, 0.2) is 6.61 Å². The normalized spacial score (nSPS) is 11.0. The lowest BCUT2D eigenvalue weighted by Crippen LogP contribution is -2.24. The number of carboxylic acid groups (broad SMARTS) is 1. The van der Waals surface area contributed by atoms with Gasteiger partial charge in [0.2, 0.25) is 0 Å². The number of benzene rings is 2. The van der Waals surface area contributed by atoms with E-state index in [0.29, 0.717) is 33.9 Å². The minimum absolute atomic E-state index is 0.211. The van der Waals surface area contributed by atoms with Gasteiger partial charge < -0.3 is 14.3 Å². The number of aromatic nitrogens is 1. The molecule has 2 N–H and O–H groups in total. The molecular weight excluding hydrogens is 410 g/mol. The number of hydrogen-bond donors (Lipinski definition) is 2. The Kier molecular flexibility index (Phi) is 5.94. The quantitative estimate of drug-likeness (QED) is 0.339. The molecule has 4 aromatic rings. The van der Waals surface area contributed by atoms with Crippen LogP contribution in [0.4, 0.5) is 0 Å². The molecule has 0 radical (unpaired) electrons. The second-order valence-corrected chi connectivity index (χ2v) is 6.90. The summed E-state index contributed by atoms with van der Waals surface area (Å²) in [7, 11) is 0. The van der Waals surface area contributed by atoms with E-state index in [0.717, 1.165) is 5.39 Å². The maximum Gasteiger partial charge on any atom is 0.335 e. The van der Waals surface area contributed by atoms with Crippen molar-refractivity contribution in [3.63, 3.8) is 0 Å². The fraction of sp³-hybridized carbons (Fsp3) is 0.0833. The Morgan fingerprint density at radius 1 is 1.12 bits per heavy atom. The summed E-state index contributed by atoms with van der Waals surface area (Å²) in [4.78, 5) is 27.7. The molecule has 0 aliphatic carbocycles. The van der Waals surface area contributed by atoms with Gasteiger partial charge in [-0.1, -0.05) is 30.3 Å². The van der Waals surface area contributed by atoms with Crippen molar-refractivity contribution in [2.45, 2.75) is 6.92 Å². The fourth-order valence-electron chi connectivity index (χ4n) is 3.24. The number of hydrazone groups is 1. The molecule has 0 aliphatic heterocycles. The van der Waals surface area contributed by atoms with Crippen molar-refractivity contribution in [1.29, 1.82) is 0 Å². The molecule has 0 saturated heterocycles. The summed E-state index contributed by atoms with van der Waals surface area (Å²) in [6.07, 6.45) is 3.02. The number of fused-ring (bicyclic) bond motifs is 1. The molecule has 0 saturated carbocycles. The van der Waals surface area contributed by atoms with Crippen LogP contribution in [0.3, 0.4) is 0 Å². The van der Waals surface area contributed by atoms with Crippen LogP contribution < -0.4 is 10.2 Å². The van der Waals surface area contributed by atoms with E-state index >= 15 is 0 Å². The highest BCUT2D eigenvalue weighted by Crippen LogP contribution is 2.27. The summed E-state index contributed by atoms with van der Waals surface area (Å²) in [5.74, 6) is -0.0190. The Hall–Kier alpha value is -4.46. The summed E-state index contributed by atoms with van der Waals surface area (Å²) in [5.41, 5.74) is 4.54. The summed E-state index contributed by atoms with van der Waals surface area (Å²) in [6, 6.07) is 17.6. The number of carbonyl (C=O) groups excluding carboxylic acids is 1. The largest absolute Gasteiger partial charge is 0.481 e. The second-order valence-electron chi connectivity index (χ2n) is 6.90. The van der Waals surface area contributed by atoms with Gasteiger partial charge in [0.25, 0.3) is 5.91 Å². The molecule has 0 fully saturated rings. The first-order valence-corrected chi connectivity index (χ1v) is 9.74. The van der Waals surface area contributed by atoms with Gasteiger partial charge in [-0.25, -0.2) is 10.2 Å². The summed E-state index contributed by atoms with van der Waals surface area (Å²) >= 11 is 0. The highest BCUT2D eigenvalue weighted by molar-refractivity contribution is 5.92. The van der Waals surface area contributed by atoms with Crippen molar-refractivity contribution in [3.8, 4) is 17.1 Å². The zero-order valence-electron chi connectivity index (χ0n) is 17.1. The van der Waals surface area contributed by atoms with Crippen molar-refractivity contribution in [1.82, 2.24) is 10.4 Å². The molecule has 8 heteroatoms. The second kappa shape index (κ2) is 9.13. The number of amides is 1. The van der Waals surface area contributed by atoms with Crippen LogP contribution in [0.2, 0.25) is 0 Å². The Morgan fingerprint density at radius 2 is 1.94 bits per heavy atom. The fourth-order valence-corrected chi connectivity index (χ4v) is 3.24. The zero-order valence-corrected chi connectivity index (χ0v) is 17.1. The van der Waals surface area contributed by atoms with E-state index in [1.807, 2.05) is 24.3 Å². The van der Waals surface area contributed by atoms with E-state index in [1.54, 1.807) is 49.5 Å². The molecule has 8 nitrogen and oxygen atoms in total. The number of pyridine rings is 1. The Labute approximate surface area is 183 Å². The van der Waals surface area contributed by atoms with E-state index in [4.69, 9.17) is 9.15 Å². The smallest absolute Gasteiger partial charge is 0.335 e. The maximum atomic E-state index is 12.1. The standard InChI is InChI=1S/C24H19N3O5/c1-15-18(7-3-8-19(15)24(29)30)20-11-10-17(32-20)13-26-27-22(28)14-31-21-9-2-5-16-6-4-12-25-23(16)21/h2-13H,14H2,1H3,(H,27,28)(H,29,30)/b26-13+. The lowest BCUT2D eigenvalue weighted by molar-refractivity contribution is -0.123. The minimum Gasteiger partial charge on any atom is -0.481 e. The van der Waals surface area contributed by atoms with Crippen LogP contribution in [0.25, 0.3) is 22.2 Å². The maximum absolute atomic E-state index is 12.1. The van der Waals surface area contributed by atoms with Gasteiger partial charge >= 0.3 is 5.97 Å². The van der Waals surface area contributed by atoms with Crippen molar-refractivity contribution in [2.24, 2.45) is 5.10 Å². The lowest BCUT2D eigenvalue weighted by Gasteiger charge is -2.07. The molecular formula is C24H19N3O5. The molecule has 0 unspecified atom stereocenters. The van der Waals surface area contributed by atoms with Gasteiger partial charge in [-0.15, -0.1) is 0 Å². The van der Waals surface area contributed by atoms with Crippen LogP contribution in [0.5, 0.6) is 5.75 Å². The third-order valence-electron chi connectivity index (χ3n) is 4.79. The number of rotatable bonds is 7. The highest BCUT2D eigenvalue weighted by Gasteiger charge is 2.13. The van der Waals surface area contributed by atoms with Gasteiger partial charge in [0.05, 0.1) is 11.8 Å². The van der Waals surface area contributed by atoms with E-state index in [9.17, 15) is 14.7 Å². The van der Waals surface area contributed by atoms with Crippen LogP contribution in [0.15, 0.2) is 76.4 Å². The number of carbonyl (C=O) groups is 2. The van der Waals surface area contributed by atoms with Crippen molar-refractivity contribution in [2.75, 3.05) is 6.61 Å². The molecule has 2 aromatic carbocycles. The van der Waals surface area contributed by atoms with Gasteiger partial charge in [0, 0.05) is 17.1 Å². The number of para-hydroxylation sites is 1. The molecule has 32 heavy (non-hydrogen) atoms. The highest BCUT2D eigenvalue weighted by atomic mass is 16.5. The van der Waals surface area contributed by atoms with Crippen molar-refractivity contribution >= 4 is 29.0 Å². The number of carboxylic acids is 1. The Morgan fingerprint density at radius 3 is 2.78 bits per heavy atom. The summed E-state index contributed by atoms with van der Waals surface area (Å²) in [6.45, 7) is 1.50. The van der Waals surface area contributed by atoms with E-state index in [2.05, 4.69) is 15.5 Å². The number of aromatic carboxylic acids is 1. The van der Waals surface area contributed by atoms with Gasteiger partial charge in [-0.05, 0) is 42.8 Å². The predicted molar refractivity (Wildman–Crippen MR) is 119 cm³/mol. The average Bonchev–Trinajstić information content (AvgIpc) is 3.26. The average molecular weight is 429 g/mol. The van der Waals surface area contributed by atoms with E-state index in [-0.39, 0.29) is 12.2 Å². The molecule has 0 bridgehead atoms. The number of nitrogens with zero attached hydrogens (tertiary/aromatic N) is 2. The van der Waals surface area contributed by atoms with E-state index < -0.39 is 11.9 Å². The van der Waals surface area contributed by atoms with E-state index in [1.165, 1.54) is 6.21 Å². The first-order chi connectivity index (χ1) is 15.5. The number of hydrogen-bond acceptors (Lipinski definition) is 6. The van der Waals surface area contributed by atoms with Crippen LogP contribution >= 0.6 is 0 Å². The SMILES string of the molecule is Cc1c(C(=O)O)cccc1-c1ccc(/C=N/NC(=O)COc2cccc3cccnc23)o1. The molecule has 0 atom stereocenters. The topological polar surface area (TPSA) is 114 Å². The molecule has 1 amide bonds. The minimum atomic E-state index is -0.998. The summed E-state index contributed by atoms with van der Waals surface area (Å²) in [5, 5.41) is 14.1. The van der Waals surface area contributed by atoms with Gasteiger partial charge in [-0.3, -0.25) is 9.78 Å². The third-order valence-corrected chi connectivity index (χ3v) is 4.79. The molecule has 0 aliphatic rings. The van der Waals surface area contributed by atoms with Crippen LogP contribution in [0.1, 0.15) is 21.7 Å². The lowest BCUT2D eigenvalue weighted by atomic mass is 10.0. The molecule has 160 valence electrons. The Balaban J connectivity index is 1.37. The van der Waals surface area contributed by atoms with Crippen molar-refractivity contribution < 1.29 is 23.8 Å². The number of nitrogens with one attached hydrogen (secondary N) is 1. The van der Waals surface area contributed by atoms with Gasteiger partial charge in [0.1, 0.15) is 22.8 Å². The van der Waals surface area contributed by atoms with Crippen LogP contribution in [-0.2, 0) is 4.79 Å². The molecule has 4 rings (SSSR count). The number of ether oxygens (including phenoxy) is 1. The van der Waals surface area contributed by atoms with Crippen LogP contribution in [-0.4, -0.2) is 34.8 Å². The first-order valence-electron chi connectivity index (χ1n) is 9.74. The molecule has 2 heterocycles. The van der Waals surface area contributed by atoms with Crippen molar-refractivity contribution in [3.05, 3.63) is 83.7 Å². The first kappa shape index (κ1) is 20.8. The number of furan rings is 1. The third kappa shape index (κ3) is 4.49. The molecule has 2 aromatic heterocycles. The molecule has 0 spiro atoms. The zero-order chi connectivity index (χ0) is 22.5. The summed E-state index contributed by atoms with van der Waals surface area (Å²) < 4.78 is 11.3. The predicted octanol–water partition coefficient (Wildman–Crippen LogP) is 4.03. The van der Waals surface area contributed by atoms with Gasteiger partial charge in [-0.2, -0.15) is 5.10 Å².